The van der Waals surface area contributed by atoms with E-state index in [1.54, 1.807) is 13.1 Å². The van der Waals surface area contributed by atoms with Crippen molar-refractivity contribution in [3.05, 3.63) is 41.6 Å². The molecule has 0 bridgehead atoms. The maximum absolute atomic E-state index is 12.6. The molecule has 3 heterocycles. The smallest absolute Gasteiger partial charge is 0.255 e. The number of amides is 2. The Morgan fingerprint density at radius 1 is 1.25 bits per heavy atom. The van der Waals surface area contributed by atoms with Gasteiger partial charge in [0.05, 0.1) is 6.20 Å². The fourth-order valence-corrected chi connectivity index (χ4v) is 3.86. The SMILES string of the molecule is CC(=O)NC1CCN(Cc2ccc(C(=O)Nc3cnn4c3NCCC4)cc2)C1. The molecule has 0 radical (unpaired) electrons. The van der Waals surface area contributed by atoms with Crippen LogP contribution in [0.5, 0.6) is 0 Å². The van der Waals surface area contributed by atoms with Gasteiger partial charge in [0.1, 0.15) is 11.5 Å². The minimum atomic E-state index is -0.137. The van der Waals surface area contributed by atoms with Gasteiger partial charge >= 0.3 is 0 Å². The van der Waals surface area contributed by atoms with Crippen LogP contribution < -0.4 is 16.0 Å². The minimum Gasteiger partial charge on any atom is -0.368 e. The molecule has 4 rings (SSSR count). The quantitative estimate of drug-likeness (QED) is 0.732. The summed E-state index contributed by atoms with van der Waals surface area (Å²) in [5.74, 6) is 0.762. The van der Waals surface area contributed by atoms with Crippen LogP contribution >= 0.6 is 0 Å². The van der Waals surface area contributed by atoms with Crippen molar-refractivity contribution in [2.45, 2.75) is 38.9 Å². The van der Waals surface area contributed by atoms with E-state index < -0.39 is 0 Å². The highest BCUT2D eigenvalue weighted by Gasteiger charge is 2.23. The summed E-state index contributed by atoms with van der Waals surface area (Å²) in [5.41, 5.74) is 2.50. The summed E-state index contributed by atoms with van der Waals surface area (Å²) in [5, 5.41) is 13.5. The van der Waals surface area contributed by atoms with Crippen LogP contribution in [0.25, 0.3) is 0 Å². The molecular formula is C20H26N6O2. The van der Waals surface area contributed by atoms with E-state index in [0.29, 0.717) is 5.56 Å². The van der Waals surface area contributed by atoms with E-state index in [-0.39, 0.29) is 17.9 Å². The predicted octanol–water partition coefficient (Wildman–Crippen LogP) is 1.66. The number of benzene rings is 1. The van der Waals surface area contributed by atoms with Gasteiger partial charge in [-0.05, 0) is 30.5 Å². The van der Waals surface area contributed by atoms with Gasteiger partial charge in [0, 0.05) is 51.3 Å². The fraction of sp³-hybridized carbons (Fsp3) is 0.450. The molecule has 0 aliphatic carbocycles. The monoisotopic (exact) mass is 382 g/mol. The van der Waals surface area contributed by atoms with E-state index in [4.69, 9.17) is 0 Å². The highest BCUT2D eigenvalue weighted by atomic mass is 16.2. The van der Waals surface area contributed by atoms with Crippen LogP contribution in [0.1, 0.15) is 35.7 Å². The van der Waals surface area contributed by atoms with Crippen molar-refractivity contribution in [2.24, 2.45) is 0 Å². The van der Waals surface area contributed by atoms with Crippen molar-refractivity contribution in [1.82, 2.24) is 20.0 Å². The molecule has 8 nitrogen and oxygen atoms in total. The molecule has 1 saturated heterocycles. The Morgan fingerprint density at radius 2 is 2.07 bits per heavy atom. The molecule has 28 heavy (non-hydrogen) atoms. The predicted molar refractivity (Wildman–Crippen MR) is 107 cm³/mol. The number of aryl methyl sites for hydroxylation is 1. The van der Waals surface area contributed by atoms with E-state index in [9.17, 15) is 9.59 Å². The Labute approximate surface area is 164 Å². The summed E-state index contributed by atoms with van der Waals surface area (Å²) in [7, 11) is 0. The zero-order chi connectivity index (χ0) is 19.5. The molecule has 1 fully saturated rings. The van der Waals surface area contributed by atoms with Crippen LogP contribution in [0.2, 0.25) is 0 Å². The topological polar surface area (TPSA) is 91.3 Å². The van der Waals surface area contributed by atoms with Gasteiger partial charge in [-0.1, -0.05) is 12.1 Å². The maximum Gasteiger partial charge on any atom is 0.255 e. The summed E-state index contributed by atoms with van der Waals surface area (Å²) in [6, 6.07) is 7.93. The maximum atomic E-state index is 12.6. The molecule has 8 heteroatoms. The van der Waals surface area contributed by atoms with Gasteiger partial charge in [-0.2, -0.15) is 5.10 Å². The van der Waals surface area contributed by atoms with Crippen molar-refractivity contribution in [2.75, 3.05) is 30.3 Å². The molecule has 0 spiro atoms. The number of nitrogens with zero attached hydrogens (tertiary/aromatic N) is 3. The van der Waals surface area contributed by atoms with E-state index in [1.807, 2.05) is 28.9 Å². The minimum absolute atomic E-state index is 0.0251. The highest BCUT2D eigenvalue weighted by Crippen LogP contribution is 2.24. The van der Waals surface area contributed by atoms with Crippen molar-refractivity contribution in [3.63, 3.8) is 0 Å². The number of hydrogen-bond donors (Lipinski definition) is 3. The van der Waals surface area contributed by atoms with Crippen LogP contribution in [-0.2, 0) is 17.9 Å². The molecule has 2 aliphatic rings. The highest BCUT2D eigenvalue weighted by molar-refractivity contribution is 6.05. The first-order valence-corrected chi connectivity index (χ1v) is 9.78. The first kappa shape index (κ1) is 18.5. The van der Waals surface area contributed by atoms with Crippen molar-refractivity contribution >= 4 is 23.3 Å². The van der Waals surface area contributed by atoms with Crippen LogP contribution in [0, 0.1) is 0 Å². The molecular weight excluding hydrogens is 356 g/mol. The third-order valence-electron chi connectivity index (χ3n) is 5.23. The molecule has 2 aromatic rings. The number of likely N-dealkylation sites (tertiary alicyclic amines) is 1. The molecule has 3 N–H and O–H groups in total. The summed E-state index contributed by atoms with van der Waals surface area (Å²) < 4.78 is 1.88. The Kier molecular flexibility index (Phi) is 5.29. The van der Waals surface area contributed by atoms with Gasteiger partial charge in [0.25, 0.3) is 5.91 Å². The zero-order valence-electron chi connectivity index (χ0n) is 16.1. The molecule has 1 aromatic heterocycles. The fourth-order valence-electron chi connectivity index (χ4n) is 3.86. The average molecular weight is 382 g/mol. The van der Waals surface area contributed by atoms with E-state index >= 15 is 0 Å². The van der Waals surface area contributed by atoms with Crippen LogP contribution in [0.15, 0.2) is 30.5 Å². The molecule has 2 aliphatic heterocycles. The summed E-state index contributed by atoms with van der Waals surface area (Å²) in [6.45, 7) is 5.96. The second-order valence-corrected chi connectivity index (χ2v) is 7.48. The van der Waals surface area contributed by atoms with Crippen LogP contribution in [0.4, 0.5) is 11.5 Å². The first-order valence-electron chi connectivity index (χ1n) is 9.78. The number of aromatic nitrogens is 2. The number of nitrogens with one attached hydrogen (secondary N) is 3. The van der Waals surface area contributed by atoms with Gasteiger partial charge in [0.15, 0.2) is 0 Å². The summed E-state index contributed by atoms with van der Waals surface area (Å²) >= 11 is 0. The molecule has 1 unspecified atom stereocenters. The lowest BCUT2D eigenvalue weighted by molar-refractivity contribution is -0.119. The summed E-state index contributed by atoms with van der Waals surface area (Å²) in [4.78, 5) is 26.1. The Bertz CT molecular complexity index is 860. The summed E-state index contributed by atoms with van der Waals surface area (Å²) in [6.07, 6.45) is 3.70. The lowest BCUT2D eigenvalue weighted by Gasteiger charge is -2.17. The first-order chi connectivity index (χ1) is 13.6. The number of fused-ring (bicyclic) bond motifs is 1. The van der Waals surface area contributed by atoms with Gasteiger partial charge in [-0.15, -0.1) is 0 Å². The van der Waals surface area contributed by atoms with E-state index in [1.165, 1.54) is 0 Å². The van der Waals surface area contributed by atoms with Crippen molar-refractivity contribution < 1.29 is 9.59 Å². The van der Waals surface area contributed by atoms with Crippen molar-refractivity contribution in [3.8, 4) is 0 Å². The lowest BCUT2D eigenvalue weighted by atomic mass is 10.1. The number of anilines is 2. The van der Waals surface area contributed by atoms with Gasteiger partial charge < -0.3 is 16.0 Å². The largest absolute Gasteiger partial charge is 0.368 e. The Morgan fingerprint density at radius 3 is 2.86 bits per heavy atom. The third-order valence-corrected chi connectivity index (χ3v) is 5.23. The standard InChI is InChI=1S/C20H26N6O2/c1-14(27)23-17-7-10-25(13-17)12-15-3-5-16(6-4-15)20(28)24-18-11-22-26-9-2-8-21-19(18)26/h3-6,11,17,21H,2,7-10,12-13H2,1H3,(H,23,27)(H,24,28). The van der Waals surface area contributed by atoms with Gasteiger partial charge in [-0.3, -0.25) is 14.5 Å². The van der Waals surface area contributed by atoms with Crippen LogP contribution in [-0.4, -0.2) is 52.2 Å². The van der Waals surface area contributed by atoms with Gasteiger partial charge in [-0.25, -0.2) is 4.68 Å². The number of carbonyl (C=O) groups is 2. The Balaban J connectivity index is 1.34. The van der Waals surface area contributed by atoms with E-state index in [0.717, 1.165) is 62.6 Å². The Hall–Kier alpha value is -2.87. The molecule has 1 atom stereocenters. The van der Waals surface area contributed by atoms with Gasteiger partial charge in [0.2, 0.25) is 5.91 Å². The lowest BCUT2D eigenvalue weighted by Crippen LogP contribution is -2.35. The number of carbonyl (C=O) groups excluding carboxylic acids is 2. The van der Waals surface area contributed by atoms with E-state index in [2.05, 4.69) is 25.9 Å². The second kappa shape index (κ2) is 8.02. The zero-order valence-corrected chi connectivity index (χ0v) is 16.1. The van der Waals surface area contributed by atoms with Crippen molar-refractivity contribution in [1.29, 1.82) is 0 Å². The molecule has 1 aromatic carbocycles. The third kappa shape index (κ3) is 4.17. The number of rotatable bonds is 5. The molecule has 2 amide bonds. The van der Waals surface area contributed by atoms with Crippen LogP contribution in [0.3, 0.4) is 0 Å². The average Bonchev–Trinajstić information content (AvgIpc) is 3.29. The number of hydrogen-bond acceptors (Lipinski definition) is 5. The normalized spacial score (nSPS) is 19.0. The molecule has 0 saturated carbocycles. The second-order valence-electron chi connectivity index (χ2n) is 7.48. The molecule has 148 valence electrons.